The van der Waals surface area contributed by atoms with Gasteiger partial charge in [-0.3, -0.25) is 9.59 Å². The highest BCUT2D eigenvalue weighted by atomic mass is 16.5. The first-order valence-electron chi connectivity index (χ1n) is 5.06. The van der Waals surface area contributed by atoms with Crippen molar-refractivity contribution in [2.24, 2.45) is 0 Å². The van der Waals surface area contributed by atoms with Gasteiger partial charge in [-0.2, -0.15) is 0 Å². The standard InChI is InChI=1S/C9H7NO3/c1-13-6-4-2-3-5-7(6)8(11)9(12)10-5/h2-4H,1H3,(H,10,11,12)/i1D3. The molecule has 4 heteroatoms. The number of anilines is 1. The van der Waals surface area contributed by atoms with E-state index in [4.69, 9.17) is 4.11 Å². The van der Waals surface area contributed by atoms with E-state index in [2.05, 4.69) is 10.1 Å². The van der Waals surface area contributed by atoms with E-state index in [9.17, 15) is 9.59 Å². The molecule has 66 valence electrons. The third kappa shape index (κ3) is 0.989. The molecular formula is C9H7NO3. The van der Waals surface area contributed by atoms with Crippen LogP contribution < -0.4 is 10.1 Å². The van der Waals surface area contributed by atoms with E-state index >= 15 is 0 Å². The highest BCUT2D eigenvalue weighted by Gasteiger charge is 2.30. The van der Waals surface area contributed by atoms with Gasteiger partial charge in [-0.15, -0.1) is 0 Å². The average molecular weight is 180 g/mol. The molecule has 0 bridgehead atoms. The Kier molecular flexibility index (Phi) is 0.997. The lowest BCUT2D eigenvalue weighted by atomic mass is 10.1. The largest absolute Gasteiger partial charge is 0.496 e. The van der Waals surface area contributed by atoms with E-state index in [-0.39, 0.29) is 17.0 Å². The van der Waals surface area contributed by atoms with E-state index < -0.39 is 18.7 Å². The Morgan fingerprint density at radius 1 is 1.46 bits per heavy atom. The molecule has 1 aliphatic rings. The smallest absolute Gasteiger partial charge is 0.297 e. The van der Waals surface area contributed by atoms with Crippen molar-refractivity contribution in [2.75, 3.05) is 12.4 Å². The van der Waals surface area contributed by atoms with Crippen LogP contribution in [0, 0.1) is 0 Å². The van der Waals surface area contributed by atoms with Crippen molar-refractivity contribution in [3.05, 3.63) is 23.8 Å². The Labute approximate surface area is 78.7 Å². The number of ether oxygens (including phenoxy) is 1. The summed E-state index contributed by atoms with van der Waals surface area (Å²) in [5, 5.41) is 2.32. The van der Waals surface area contributed by atoms with E-state index in [0.29, 0.717) is 0 Å². The molecular weight excluding hydrogens is 170 g/mol. The van der Waals surface area contributed by atoms with Crippen LogP contribution in [0.15, 0.2) is 18.2 Å². The van der Waals surface area contributed by atoms with E-state index in [1.165, 1.54) is 18.2 Å². The third-order valence-electron chi connectivity index (χ3n) is 1.82. The molecule has 1 aromatic carbocycles. The molecule has 0 saturated carbocycles. The predicted molar refractivity (Wildman–Crippen MR) is 46.0 cm³/mol. The monoisotopic (exact) mass is 180 g/mol. The summed E-state index contributed by atoms with van der Waals surface area (Å²) in [7, 11) is -2.65. The van der Waals surface area contributed by atoms with Crippen LogP contribution in [0.25, 0.3) is 0 Å². The lowest BCUT2D eigenvalue weighted by Crippen LogP contribution is -2.12. The van der Waals surface area contributed by atoms with Gasteiger partial charge in [0.2, 0.25) is 0 Å². The summed E-state index contributed by atoms with van der Waals surface area (Å²) < 4.78 is 25.5. The van der Waals surface area contributed by atoms with Gasteiger partial charge in [0, 0.05) is 0 Å². The zero-order chi connectivity index (χ0) is 11.9. The molecule has 2 rings (SSSR count). The number of fused-ring (bicyclic) bond motifs is 1. The number of nitrogens with one attached hydrogen (secondary N) is 1. The number of rotatable bonds is 1. The topological polar surface area (TPSA) is 55.4 Å². The second kappa shape index (κ2) is 2.58. The van der Waals surface area contributed by atoms with Gasteiger partial charge in [0.1, 0.15) is 5.75 Å². The Hall–Kier alpha value is -1.84. The Morgan fingerprint density at radius 3 is 3.08 bits per heavy atom. The number of benzene rings is 1. The Morgan fingerprint density at radius 2 is 2.31 bits per heavy atom. The number of ketones is 1. The lowest BCUT2D eigenvalue weighted by molar-refractivity contribution is -0.112. The SMILES string of the molecule is [2H]C([2H])([2H])Oc1cccc2c1C(=O)C(=O)N2. The van der Waals surface area contributed by atoms with E-state index in [1.54, 1.807) is 0 Å². The zero-order valence-corrected chi connectivity index (χ0v) is 6.46. The lowest BCUT2D eigenvalue weighted by Gasteiger charge is -2.02. The van der Waals surface area contributed by atoms with Crippen LogP contribution in [-0.4, -0.2) is 18.7 Å². The number of carbonyl (C=O) groups is 2. The Bertz CT molecular complexity index is 481. The summed E-state index contributed by atoms with van der Waals surface area (Å²) in [6, 6.07) is 4.34. The third-order valence-corrected chi connectivity index (χ3v) is 1.82. The minimum absolute atomic E-state index is 0.0244. The number of hydrogen-bond donors (Lipinski definition) is 1. The van der Waals surface area contributed by atoms with Gasteiger partial charge in [-0.25, -0.2) is 0 Å². The first kappa shape index (κ1) is 5.01. The van der Waals surface area contributed by atoms with Crippen LogP contribution in [0.3, 0.4) is 0 Å². The van der Waals surface area contributed by atoms with Crippen LogP contribution in [-0.2, 0) is 4.79 Å². The molecule has 0 radical (unpaired) electrons. The van der Waals surface area contributed by atoms with Crippen LogP contribution in [0.5, 0.6) is 5.75 Å². The maximum Gasteiger partial charge on any atom is 0.297 e. The molecule has 0 aromatic heterocycles. The zero-order valence-electron chi connectivity index (χ0n) is 9.46. The molecule has 0 unspecified atom stereocenters. The van der Waals surface area contributed by atoms with Gasteiger partial charge in [0.25, 0.3) is 11.7 Å². The van der Waals surface area contributed by atoms with Crippen LogP contribution >= 0.6 is 0 Å². The first-order valence-corrected chi connectivity index (χ1v) is 3.56. The molecule has 13 heavy (non-hydrogen) atoms. The fraction of sp³-hybridized carbons (Fsp3) is 0.111. The van der Waals surface area contributed by atoms with Gasteiger partial charge >= 0.3 is 0 Å². The number of amides is 1. The number of carbonyl (C=O) groups excluding carboxylic acids is 2. The molecule has 0 atom stereocenters. The molecule has 1 heterocycles. The van der Waals surface area contributed by atoms with Crippen molar-refractivity contribution >= 4 is 17.4 Å². The highest BCUT2D eigenvalue weighted by Crippen LogP contribution is 2.30. The van der Waals surface area contributed by atoms with Gasteiger partial charge < -0.3 is 10.1 Å². The summed E-state index contributed by atoms with van der Waals surface area (Å²) in [4.78, 5) is 22.5. The highest BCUT2D eigenvalue weighted by molar-refractivity contribution is 6.52. The summed E-state index contributed by atoms with van der Waals surface area (Å²) in [6.45, 7) is 0. The number of methoxy groups -OCH3 is 1. The van der Waals surface area contributed by atoms with Gasteiger partial charge in [0.05, 0.1) is 22.4 Å². The fourth-order valence-corrected chi connectivity index (χ4v) is 1.25. The summed E-state index contributed by atoms with van der Waals surface area (Å²) in [5.74, 6) is -1.67. The molecule has 4 nitrogen and oxygen atoms in total. The van der Waals surface area contributed by atoms with Gasteiger partial charge in [0.15, 0.2) is 0 Å². The second-order valence-corrected chi connectivity index (χ2v) is 2.56. The predicted octanol–water partition coefficient (Wildman–Crippen LogP) is 0.830. The summed E-state index contributed by atoms with van der Waals surface area (Å²) in [5.41, 5.74) is 0.250. The maximum atomic E-state index is 11.4. The number of Topliss-reactive ketones (excluding diaryl/α,β-unsaturated/α-hetero) is 1. The molecule has 1 N–H and O–H groups in total. The van der Waals surface area contributed by atoms with Crippen molar-refractivity contribution in [3.8, 4) is 5.75 Å². The van der Waals surface area contributed by atoms with Crippen LogP contribution in [0.2, 0.25) is 0 Å². The second-order valence-electron chi connectivity index (χ2n) is 2.56. The van der Waals surface area contributed by atoms with Crippen molar-refractivity contribution in [1.29, 1.82) is 0 Å². The molecule has 0 saturated heterocycles. The van der Waals surface area contributed by atoms with E-state index in [1.807, 2.05) is 0 Å². The fourth-order valence-electron chi connectivity index (χ4n) is 1.25. The van der Waals surface area contributed by atoms with Crippen LogP contribution in [0.1, 0.15) is 14.5 Å². The van der Waals surface area contributed by atoms with E-state index in [0.717, 1.165) is 0 Å². The normalized spacial score (nSPS) is 18.3. The molecule has 1 aliphatic heterocycles. The van der Waals surface area contributed by atoms with Crippen molar-refractivity contribution in [1.82, 2.24) is 0 Å². The molecule has 0 fully saturated rings. The van der Waals surface area contributed by atoms with Crippen LogP contribution in [0.4, 0.5) is 5.69 Å². The van der Waals surface area contributed by atoms with Gasteiger partial charge in [-0.1, -0.05) is 6.07 Å². The minimum atomic E-state index is -2.65. The Balaban J connectivity index is 2.47. The summed E-state index contributed by atoms with van der Waals surface area (Å²) in [6.07, 6.45) is 0. The molecule has 0 aliphatic carbocycles. The van der Waals surface area contributed by atoms with Crippen molar-refractivity contribution in [2.45, 2.75) is 0 Å². The van der Waals surface area contributed by atoms with Gasteiger partial charge in [-0.05, 0) is 12.1 Å². The first-order chi connectivity index (χ1) is 7.38. The number of hydrogen-bond acceptors (Lipinski definition) is 3. The minimum Gasteiger partial charge on any atom is -0.496 e. The maximum absolute atomic E-state index is 11.4. The summed E-state index contributed by atoms with van der Waals surface area (Å²) >= 11 is 0. The molecule has 1 aromatic rings. The quantitative estimate of drug-likeness (QED) is 0.651. The van der Waals surface area contributed by atoms with Crippen molar-refractivity contribution < 1.29 is 18.4 Å². The van der Waals surface area contributed by atoms with Crippen molar-refractivity contribution in [3.63, 3.8) is 0 Å². The average Bonchev–Trinajstić information content (AvgIpc) is 2.41. The molecule has 0 spiro atoms. The molecule has 1 amide bonds.